The van der Waals surface area contributed by atoms with E-state index in [4.69, 9.17) is 9.84 Å². The maximum absolute atomic E-state index is 12.9. The van der Waals surface area contributed by atoms with Gasteiger partial charge in [-0.2, -0.15) is 0 Å². The zero-order chi connectivity index (χ0) is 15.8. The van der Waals surface area contributed by atoms with Crippen LogP contribution in [-0.2, 0) is 6.42 Å². The van der Waals surface area contributed by atoms with Gasteiger partial charge in [-0.25, -0.2) is 8.78 Å². The topological polar surface area (TPSA) is 29.5 Å². The molecule has 2 unspecified atom stereocenters. The second-order valence-corrected chi connectivity index (χ2v) is 4.86. The molecular formula is C18H18F2O2. The Hall–Kier alpha value is -2.20. The van der Waals surface area contributed by atoms with Crippen molar-refractivity contribution in [2.45, 2.75) is 25.4 Å². The lowest BCUT2D eigenvalue weighted by Gasteiger charge is -2.07. The van der Waals surface area contributed by atoms with Crippen molar-refractivity contribution in [2.24, 2.45) is 0 Å². The molecule has 0 saturated heterocycles. The van der Waals surface area contributed by atoms with Gasteiger partial charge in [-0.1, -0.05) is 42.5 Å². The average Bonchev–Trinajstić information content (AvgIpc) is 2.52. The fourth-order valence-corrected chi connectivity index (χ4v) is 1.92. The van der Waals surface area contributed by atoms with Crippen LogP contribution in [0, 0.1) is 0 Å². The van der Waals surface area contributed by atoms with E-state index in [1.165, 1.54) is 6.08 Å². The van der Waals surface area contributed by atoms with Gasteiger partial charge >= 0.3 is 0 Å². The van der Waals surface area contributed by atoms with Crippen LogP contribution in [0.4, 0.5) is 8.78 Å². The lowest BCUT2D eigenvalue weighted by atomic mass is 10.1. The van der Waals surface area contributed by atoms with Gasteiger partial charge in [-0.3, -0.25) is 0 Å². The first-order chi connectivity index (χ1) is 10.6. The highest BCUT2D eigenvalue weighted by Crippen LogP contribution is 2.22. The Bertz CT molecular complexity index is 597. The lowest BCUT2D eigenvalue weighted by molar-refractivity contribution is -0.0257. The van der Waals surface area contributed by atoms with Crippen molar-refractivity contribution >= 4 is 0 Å². The summed E-state index contributed by atoms with van der Waals surface area (Å²) in [7, 11) is 0. The third kappa shape index (κ3) is 5.30. The molecule has 0 aliphatic carbocycles. The second-order valence-electron chi connectivity index (χ2n) is 4.86. The van der Waals surface area contributed by atoms with Gasteiger partial charge in [0.15, 0.2) is 6.17 Å². The fraction of sp³-hybridized carbons (Fsp3) is 0.222. The molecule has 2 atom stereocenters. The number of alkyl halides is 2. The Morgan fingerprint density at radius 2 is 1.68 bits per heavy atom. The van der Waals surface area contributed by atoms with Crippen molar-refractivity contribution < 1.29 is 18.6 Å². The summed E-state index contributed by atoms with van der Waals surface area (Å²) in [6.45, 7) is 0. The zero-order valence-corrected chi connectivity index (χ0v) is 12.0. The molecule has 116 valence electrons. The summed E-state index contributed by atoms with van der Waals surface area (Å²) < 4.78 is 30.8. The summed E-state index contributed by atoms with van der Waals surface area (Å²) in [5.41, 5.74) is 1.00. The van der Waals surface area contributed by atoms with Gasteiger partial charge in [-0.05, 0) is 36.2 Å². The number of allylic oxidation sites excluding steroid dienone is 2. The summed E-state index contributed by atoms with van der Waals surface area (Å²) in [5, 5.41) is 8.42. The largest absolute Gasteiger partial charge is 0.457 e. The molecule has 0 amide bonds. The molecule has 0 aliphatic rings. The highest BCUT2D eigenvalue weighted by Gasteiger charge is 2.14. The normalized spacial score (nSPS) is 14.0. The van der Waals surface area contributed by atoms with Gasteiger partial charge in [0.25, 0.3) is 0 Å². The van der Waals surface area contributed by atoms with E-state index >= 15 is 0 Å². The van der Waals surface area contributed by atoms with Crippen LogP contribution in [0.3, 0.4) is 0 Å². The number of para-hydroxylation sites is 1. The molecule has 0 saturated carbocycles. The summed E-state index contributed by atoms with van der Waals surface area (Å²) in [4.78, 5) is 0. The molecule has 0 aliphatic heterocycles. The minimum Gasteiger partial charge on any atom is -0.457 e. The van der Waals surface area contributed by atoms with Crippen molar-refractivity contribution in [1.82, 2.24) is 0 Å². The molecule has 0 spiro atoms. The van der Waals surface area contributed by atoms with Crippen LogP contribution in [-0.4, -0.2) is 17.6 Å². The maximum Gasteiger partial charge on any atom is 0.228 e. The number of ether oxygens (including phenoxy) is 1. The highest BCUT2D eigenvalue weighted by atomic mass is 19.2. The van der Waals surface area contributed by atoms with Gasteiger partial charge in [0, 0.05) is 6.42 Å². The van der Waals surface area contributed by atoms with Crippen LogP contribution >= 0.6 is 0 Å². The average molecular weight is 304 g/mol. The SMILES string of the molecule is OC(F)C(F)CC=CCc1cccc(Oc2ccccc2)c1. The zero-order valence-electron chi connectivity index (χ0n) is 12.0. The van der Waals surface area contributed by atoms with Crippen molar-refractivity contribution in [1.29, 1.82) is 0 Å². The predicted molar refractivity (Wildman–Crippen MR) is 82.4 cm³/mol. The van der Waals surface area contributed by atoms with E-state index < -0.39 is 12.5 Å². The molecule has 4 heteroatoms. The molecular weight excluding hydrogens is 286 g/mol. The first kappa shape index (κ1) is 16.2. The molecule has 2 aromatic rings. The van der Waals surface area contributed by atoms with Crippen LogP contribution in [0.1, 0.15) is 12.0 Å². The minimum absolute atomic E-state index is 0.141. The number of hydrogen-bond donors (Lipinski definition) is 1. The minimum atomic E-state index is -2.42. The van der Waals surface area contributed by atoms with E-state index in [-0.39, 0.29) is 6.42 Å². The fourth-order valence-electron chi connectivity index (χ4n) is 1.92. The Morgan fingerprint density at radius 3 is 2.41 bits per heavy atom. The number of hydrogen-bond acceptors (Lipinski definition) is 2. The van der Waals surface area contributed by atoms with Crippen molar-refractivity contribution in [2.75, 3.05) is 0 Å². The van der Waals surface area contributed by atoms with E-state index in [1.807, 2.05) is 54.6 Å². The van der Waals surface area contributed by atoms with Gasteiger partial charge < -0.3 is 9.84 Å². The Balaban J connectivity index is 1.90. The quantitative estimate of drug-likeness (QED) is 0.758. The molecule has 2 aromatic carbocycles. The molecule has 2 rings (SSSR count). The van der Waals surface area contributed by atoms with E-state index in [9.17, 15) is 8.78 Å². The molecule has 0 bridgehead atoms. The first-order valence-electron chi connectivity index (χ1n) is 7.08. The molecule has 22 heavy (non-hydrogen) atoms. The van der Waals surface area contributed by atoms with E-state index in [0.717, 1.165) is 17.1 Å². The van der Waals surface area contributed by atoms with Gasteiger partial charge in [-0.15, -0.1) is 0 Å². The van der Waals surface area contributed by atoms with Crippen molar-refractivity contribution in [3.8, 4) is 11.5 Å². The Morgan fingerprint density at radius 1 is 0.955 bits per heavy atom. The molecule has 0 heterocycles. The Labute approximate surface area is 128 Å². The first-order valence-corrected chi connectivity index (χ1v) is 7.08. The third-order valence-electron chi connectivity index (χ3n) is 3.06. The van der Waals surface area contributed by atoms with Crippen molar-refractivity contribution in [3.63, 3.8) is 0 Å². The standard InChI is InChI=1S/C18H18F2O2/c19-17(18(20)21)12-5-4-7-14-8-6-11-16(13-14)22-15-9-2-1-3-10-15/h1-6,8-11,13,17-18,21H,7,12H2. The van der Waals surface area contributed by atoms with Gasteiger partial charge in [0.1, 0.15) is 11.5 Å². The molecule has 0 radical (unpaired) electrons. The number of aliphatic hydroxyl groups excluding tert-OH is 1. The molecule has 1 N–H and O–H groups in total. The summed E-state index contributed by atoms with van der Waals surface area (Å²) in [6, 6.07) is 17.0. The number of rotatable bonds is 7. The third-order valence-corrected chi connectivity index (χ3v) is 3.06. The van der Waals surface area contributed by atoms with E-state index in [2.05, 4.69) is 0 Å². The van der Waals surface area contributed by atoms with E-state index in [0.29, 0.717) is 6.42 Å². The number of halogens is 2. The monoisotopic (exact) mass is 304 g/mol. The number of aliphatic hydroxyl groups is 1. The van der Waals surface area contributed by atoms with E-state index in [1.54, 1.807) is 6.08 Å². The van der Waals surface area contributed by atoms with Crippen LogP contribution in [0.15, 0.2) is 66.7 Å². The maximum atomic E-state index is 12.9. The van der Waals surface area contributed by atoms with Crippen molar-refractivity contribution in [3.05, 3.63) is 72.3 Å². The van der Waals surface area contributed by atoms with Crippen LogP contribution in [0.25, 0.3) is 0 Å². The summed E-state index contributed by atoms with van der Waals surface area (Å²) >= 11 is 0. The lowest BCUT2D eigenvalue weighted by Crippen LogP contribution is -2.14. The smallest absolute Gasteiger partial charge is 0.228 e. The van der Waals surface area contributed by atoms with Gasteiger partial charge in [0.05, 0.1) is 0 Å². The highest BCUT2D eigenvalue weighted by molar-refractivity contribution is 5.34. The second kappa shape index (κ2) is 8.29. The molecule has 0 aromatic heterocycles. The predicted octanol–water partition coefficient (Wildman–Crippen LogP) is 4.59. The van der Waals surface area contributed by atoms with Crippen LogP contribution in [0.5, 0.6) is 11.5 Å². The summed E-state index contributed by atoms with van der Waals surface area (Å²) in [5.74, 6) is 1.48. The molecule has 0 fully saturated rings. The number of benzene rings is 2. The summed E-state index contributed by atoms with van der Waals surface area (Å²) in [6.07, 6.45) is -0.579. The molecule has 2 nitrogen and oxygen atoms in total. The van der Waals surface area contributed by atoms with Crippen LogP contribution in [0.2, 0.25) is 0 Å². The Kier molecular flexibility index (Phi) is 6.10. The van der Waals surface area contributed by atoms with Crippen LogP contribution < -0.4 is 4.74 Å². The van der Waals surface area contributed by atoms with Gasteiger partial charge in [0.2, 0.25) is 6.36 Å².